The van der Waals surface area contributed by atoms with Crippen molar-refractivity contribution in [2.45, 2.75) is 26.7 Å². The van der Waals surface area contributed by atoms with Crippen molar-refractivity contribution < 1.29 is 13.9 Å². The quantitative estimate of drug-likeness (QED) is 0.453. The van der Waals surface area contributed by atoms with Crippen LogP contribution in [0.3, 0.4) is 0 Å². The SMILES string of the molecule is CCCCOc1ccc(/C=N/Nc2oc(C)nc2C#N)cc1OC. The lowest BCUT2D eigenvalue weighted by atomic mass is 10.2. The molecular weight excluding hydrogens is 308 g/mol. The number of nitrogens with zero attached hydrogens (tertiary/aromatic N) is 3. The first-order chi connectivity index (χ1) is 11.7. The minimum atomic E-state index is 0.168. The number of nitriles is 1. The first-order valence-electron chi connectivity index (χ1n) is 7.65. The van der Waals surface area contributed by atoms with Crippen LogP contribution in [0.25, 0.3) is 0 Å². The average Bonchev–Trinajstić information content (AvgIpc) is 2.95. The van der Waals surface area contributed by atoms with Gasteiger partial charge < -0.3 is 13.9 Å². The molecule has 0 fully saturated rings. The maximum Gasteiger partial charge on any atom is 0.252 e. The molecule has 1 aromatic carbocycles. The van der Waals surface area contributed by atoms with Crippen LogP contribution in [-0.4, -0.2) is 24.9 Å². The number of methoxy groups -OCH3 is 1. The number of aryl methyl sites for hydroxylation is 1. The zero-order valence-corrected chi connectivity index (χ0v) is 14.0. The summed E-state index contributed by atoms with van der Waals surface area (Å²) in [6.07, 6.45) is 3.66. The van der Waals surface area contributed by atoms with Crippen molar-refractivity contribution in [2.24, 2.45) is 5.10 Å². The molecule has 1 heterocycles. The Morgan fingerprint density at radius 2 is 2.25 bits per heavy atom. The monoisotopic (exact) mass is 328 g/mol. The normalized spacial score (nSPS) is 10.6. The van der Waals surface area contributed by atoms with Crippen LogP contribution >= 0.6 is 0 Å². The van der Waals surface area contributed by atoms with Gasteiger partial charge in [-0.15, -0.1) is 0 Å². The smallest absolute Gasteiger partial charge is 0.252 e. The van der Waals surface area contributed by atoms with E-state index in [9.17, 15) is 0 Å². The predicted octanol–water partition coefficient (Wildman–Crippen LogP) is 3.49. The number of benzene rings is 1. The number of aromatic nitrogens is 1. The molecule has 126 valence electrons. The number of rotatable bonds is 8. The molecule has 0 bridgehead atoms. The van der Waals surface area contributed by atoms with Crippen LogP contribution in [0.2, 0.25) is 0 Å². The van der Waals surface area contributed by atoms with Crippen molar-refractivity contribution in [1.29, 1.82) is 5.26 Å². The molecule has 0 aliphatic heterocycles. The van der Waals surface area contributed by atoms with Crippen LogP contribution in [0.1, 0.15) is 36.9 Å². The summed E-state index contributed by atoms with van der Waals surface area (Å²) in [5.41, 5.74) is 3.66. The number of hydrazone groups is 1. The topological polar surface area (TPSA) is 92.7 Å². The highest BCUT2D eigenvalue weighted by Gasteiger charge is 2.09. The van der Waals surface area contributed by atoms with E-state index in [4.69, 9.17) is 19.2 Å². The summed E-state index contributed by atoms with van der Waals surface area (Å²) in [4.78, 5) is 3.93. The molecule has 0 saturated heterocycles. The molecule has 24 heavy (non-hydrogen) atoms. The summed E-state index contributed by atoms with van der Waals surface area (Å²) in [5.74, 6) is 1.97. The fourth-order valence-electron chi connectivity index (χ4n) is 1.95. The minimum Gasteiger partial charge on any atom is -0.493 e. The number of ether oxygens (including phenoxy) is 2. The van der Waals surface area contributed by atoms with Gasteiger partial charge in [-0.05, 0) is 30.2 Å². The van der Waals surface area contributed by atoms with Crippen molar-refractivity contribution in [2.75, 3.05) is 19.1 Å². The van der Waals surface area contributed by atoms with Gasteiger partial charge in [0.2, 0.25) is 5.69 Å². The van der Waals surface area contributed by atoms with Crippen LogP contribution in [0.15, 0.2) is 27.7 Å². The van der Waals surface area contributed by atoms with Gasteiger partial charge in [0.25, 0.3) is 5.88 Å². The van der Waals surface area contributed by atoms with E-state index in [0.29, 0.717) is 24.0 Å². The molecule has 0 radical (unpaired) electrons. The first kappa shape index (κ1) is 17.3. The standard InChI is InChI=1S/C17H20N4O3/c1-4-5-8-23-15-7-6-13(9-16(15)22-3)11-19-21-17-14(10-18)20-12(2)24-17/h6-7,9,11,21H,4-5,8H2,1-3H3/b19-11+. The molecule has 0 saturated carbocycles. The van der Waals surface area contributed by atoms with E-state index >= 15 is 0 Å². The highest BCUT2D eigenvalue weighted by Crippen LogP contribution is 2.27. The highest BCUT2D eigenvalue weighted by atomic mass is 16.5. The van der Waals surface area contributed by atoms with E-state index in [1.54, 1.807) is 20.2 Å². The second kappa shape index (κ2) is 8.58. The molecule has 7 nitrogen and oxygen atoms in total. The number of nitrogens with one attached hydrogen (secondary N) is 1. The van der Waals surface area contributed by atoms with E-state index in [1.165, 1.54) is 0 Å². The van der Waals surface area contributed by atoms with Gasteiger partial charge in [0.05, 0.1) is 19.9 Å². The highest BCUT2D eigenvalue weighted by molar-refractivity contribution is 5.81. The van der Waals surface area contributed by atoms with Gasteiger partial charge in [-0.25, -0.2) is 10.4 Å². The van der Waals surface area contributed by atoms with Gasteiger partial charge in [-0.3, -0.25) is 0 Å². The van der Waals surface area contributed by atoms with E-state index in [1.807, 2.05) is 24.3 Å². The molecule has 0 unspecified atom stereocenters. The van der Waals surface area contributed by atoms with Crippen molar-refractivity contribution in [3.05, 3.63) is 35.3 Å². The Morgan fingerprint density at radius 1 is 1.42 bits per heavy atom. The molecule has 0 amide bonds. The third kappa shape index (κ3) is 4.49. The van der Waals surface area contributed by atoms with Gasteiger partial charge in [-0.1, -0.05) is 13.3 Å². The maximum atomic E-state index is 8.94. The fourth-order valence-corrected chi connectivity index (χ4v) is 1.95. The largest absolute Gasteiger partial charge is 0.493 e. The number of unbranched alkanes of at least 4 members (excludes halogenated alkanes) is 1. The van der Waals surface area contributed by atoms with E-state index in [0.717, 1.165) is 18.4 Å². The minimum absolute atomic E-state index is 0.168. The molecule has 0 spiro atoms. The van der Waals surface area contributed by atoms with E-state index in [2.05, 4.69) is 22.4 Å². The number of anilines is 1. The van der Waals surface area contributed by atoms with E-state index < -0.39 is 0 Å². The third-order valence-electron chi connectivity index (χ3n) is 3.16. The maximum absolute atomic E-state index is 8.94. The Hall–Kier alpha value is -3.01. The lowest BCUT2D eigenvalue weighted by Crippen LogP contribution is -1.99. The average molecular weight is 328 g/mol. The Kier molecular flexibility index (Phi) is 6.20. The van der Waals surface area contributed by atoms with Crippen molar-refractivity contribution in [1.82, 2.24) is 4.98 Å². The Bertz CT molecular complexity index is 747. The molecule has 0 aliphatic rings. The molecule has 0 atom stereocenters. The predicted molar refractivity (Wildman–Crippen MR) is 90.6 cm³/mol. The number of oxazole rings is 1. The molecule has 7 heteroatoms. The fraction of sp³-hybridized carbons (Fsp3) is 0.353. The summed E-state index contributed by atoms with van der Waals surface area (Å²) in [5, 5.41) is 13.0. The van der Waals surface area contributed by atoms with Gasteiger partial charge in [0, 0.05) is 6.92 Å². The molecule has 0 aliphatic carbocycles. The molecule has 2 aromatic rings. The lowest BCUT2D eigenvalue weighted by molar-refractivity contribution is 0.288. The Labute approximate surface area is 140 Å². The number of hydrogen-bond donors (Lipinski definition) is 1. The summed E-state index contributed by atoms with van der Waals surface area (Å²) in [6.45, 7) is 4.43. The molecular formula is C17H20N4O3. The van der Waals surface area contributed by atoms with Crippen molar-refractivity contribution >= 4 is 12.1 Å². The van der Waals surface area contributed by atoms with Crippen LogP contribution in [-0.2, 0) is 0 Å². The lowest BCUT2D eigenvalue weighted by Gasteiger charge is -2.10. The second-order valence-corrected chi connectivity index (χ2v) is 5.00. The van der Waals surface area contributed by atoms with Gasteiger partial charge in [-0.2, -0.15) is 10.4 Å². The Balaban J connectivity index is 2.05. The third-order valence-corrected chi connectivity index (χ3v) is 3.16. The van der Waals surface area contributed by atoms with Crippen LogP contribution in [0, 0.1) is 18.3 Å². The van der Waals surface area contributed by atoms with E-state index in [-0.39, 0.29) is 11.6 Å². The molecule has 2 rings (SSSR count). The van der Waals surface area contributed by atoms with Crippen LogP contribution in [0.5, 0.6) is 11.5 Å². The van der Waals surface area contributed by atoms with Gasteiger partial charge in [0.15, 0.2) is 17.4 Å². The molecule has 1 N–H and O–H groups in total. The van der Waals surface area contributed by atoms with Gasteiger partial charge >= 0.3 is 0 Å². The zero-order chi connectivity index (χ0) is 17.4. The molecule has 1 aromatic heterocycles. The van der Waals surface area contributed by atoms with Gasteiger partial charge in [0.1, 0.15) is 6.07 Å². The first-order valence-corrected chi connectivity index (χ1v) is 7.65. The second-order valence-electron chi connectivity index (χ2n) is 5.00. The van der Waals surface area contributed by atoms with Crippen LogP contribution < -0.4 is 14.9 Å². The summed E-state index contributed by atoms with van der Waals surface area (Å²) < 4.78 is 16.3. The number of hydrogen-bond acceptors (Lipinski definition) is 7. The van der Waals surface area contributed by atoms with Crippen molar-refractivity contribution in [3.63, 3.8) is 0 Å². The van der Waals surface area contributed by atoms with Crippen LogP contribution in [0.4, 0.5) is 5.88 Å². The van der Waals surface area contributed by atoms with Crippen molar-refractivity contribution in [3.8, 4) is 17.6 Å². The summed E-state index contributed by atoms with van der Waals surface area (Å²) in [7, 11) is 1.59. The zero-order valence-electron chi connectivity index (χ0n) is 14.0. The summed E-state index contributed by atoms with van der Waals surface area (Å²) in [6, 6.07) is 7.47. The summed E-state index contributed by atoms with van der Waals surface area (Å²) >= 11 is 0. The Morgan fingerprint density at radius 3 is 2.96 bits per heavy atom.